The summed E-state index contributed by atoms with van der Waals surface area (Å²) >= 11 is 0. The molecule has 1 rings (SSSR count). The summed E-state index contributed by atoms with van der Waals surface area (Å²) in [5.74, 6) is 0. The third-order valence-electron chi connectivity index (χ3n) is 2.75. The van der Waals surface area contributed by atoms with Crippen LogP contribution in [0.5, 0.6) is 0 Å². The second-order valence-corrected chi connectivity index (χ2v) is 4.05. The molecule has 0 aliphatic heterocycles. The molecule has 0 radical (unpaired) electrons. The summed E-state index contributed by atoms with van der Waals surface area (Å²) in [4.78, 5) is 0. The lowest BCUT2D eigenvalue weighted by Gasteiger charge is -2.12. The van der Waals surface area contributed by atoms with Gasteiger partial charge in [-0.15, -0.1) is 6.58 Å². The van der Waals surface area contributed by atoms with Gasteiger partial charge in [-0.25, -0.2) is 0 Å². The number of allylic oxidation sites excluding steroid dienone is 1. The lowest BCUT2D eigenvalue weighted by Crippen LogP contribution is -1.99. The highest BCUT2D eigenvalue weighted by Gasteiger charge is 2.05. The van der Waals surface area contributed by atoms with Crippen LogP contribution in [-0.2, 0) is 19.3 Å². The first-order valence-electron chi connectivity index (χ1n) is 6.04. The standard InChI is InChI=1S/C15H22/c1-4-8-13-11-7-12-14(9-5-2)15(13)10-6-3/h4,7,11-12H,1,5-6,8-10H2,2-3H3. The molecule has 82 valence electrons. The van der Waals surface area contributed by atoms with E-state index >= 15 is 0 Å². The molecule has 1 aromatic carbocycles. The van der Waals surface area contributed by atoms with Crippen LogP contribution in [0.4, 0.5) is 0 Å². The van der Waals surface area contributed by atoms with Crippen LogP contribution in [-0.4, -0.2) is 0 Å². The van der Waals surface area contributed by atoms with Crippen LogP contribution in [0.15, 0.2) is 30.9 Å². The molecule has 0 amide bonds. The summed E-state index contributed by atoms with van der Waals surface area (Å²) in [5.41, 5.74) is 4.58. The van der Waals surface area contributed by atoms with Gasteiger partial charge in [0, 0.05) is 0 Å². The Hall–Kier alpha value is -1.04. The molecule has 0 heteroatoms. The van der Waals surface area contributed by atoms with Gasteiger partial charge in [0.15, 0.2) is 0 Å². The van der Waals surface area contributed by atoms with Crippen molar-refractivity contribution in [3.63, 3.8) is 0 Å². The Morgan fingerprint density at radius 2 is 1.73 bits per heavy atom. The highest BCUT2D eigenvalue weighted by molar-refractivity contribution is 5.36. The van der Waals surface area contributed by atoms with E-state index in [1.54, 1.807) is 11.1 Å². The third kappa shape index (κ3) is 3.23. The summed E-state index contributed by atoms with van der Waals surface area (Å²) in [6.07, 6.45) is 7.88. The van der Waals surface area contributed by atoms with E-state index in [2.05, 4.69) is 38.6 Å². The minimum absolute atomic E-state index is 1.01. The van der Waals surface area contributed by atoms with Crippen LogP contribution < -0.4 is 0 Å². The van der Waals surface area contributed by atoms with Gasteiger partial charge in [0.25, 0.3) is 0 Å². The van der Waals surface area contributed by atoms with Crippen LogP contribution in [0.1, 0.15) is 43.4 Å². The van der Waals surface area contributed by atoms with Crippen molar-refractivity contribution in [2.75, 3.05) is 0 Å². The molecule has 15 heavy (non-hydrogen) atoms. The fourth-order valence-corrected chi connectivity index (χ4v) is 2.11. The van der Waals surface area contributed by atoms with Gasteiger partial charge in [0.2, 0.25) is 0 Å². The Morgan fingerprint density at radius 1 is 1.07 bits per heavy atom. The fourth-order valence-electron chi connectivity index (χ4n) is 2.11. The summed E-state index contributed by atoms with van der Waals surface area (Å²) in [6, 6.07) is 6.70. The topological polar surface area (TPSA) is 0 Å². The Labute approximate surface area is 94.0 Å². The molecule has 0 atom stereocenters. The average Bonchev–Trinajstić information content (AvgIpc) is 2.23. The van der Waals surface area contributed by atoms with Gasteiger partial charge < -0.3 is 0 Å². The maximum Gasteiger partial charge on any atom is -0.00973 e. The van der Waals surface area contributed by atoms with Gasteiger partial charge >= 0.3 is 0 Å². The Kier molecular flexibility index (Phi) is 5.17. The molecule has 0 nitrogen and oxygen atoms in total. The van der Waals surface area contributed by atoms with E-state index in [9.17, 15) is 0 Å². The second-order valence-electron chi connectivity index (χ2n) is 4.05. The van der Waals surface area contributed by atoms with E-state index in [0.717, 1.165) is 6.42 Å². The zero-order valence-corrected chi connectivity index (χ0v) is 10.1. The lowest BCUT2D eigenvalue weighted by molar-refractivity contribution is 0.849. The largest absolute Gasteiger partial charge is 0.103 e. The maximum atomic E-state index is 3.83. The van der Waals surface area contributed by atoms with E-state index in [0.29, 0.717) is 0 Å². The van der Waals surface area contributed by atoms with Crippen molar-refractivity contribution in [2.45, 2.75) is 46.0 Å². The molecule has 0 unspecified atom stereocenters. The summed E-state index contributed by atoms with van der Waals surface area (Å²) in [5, 5.41) is 0. The predicted molar refractivity (Wildman–Crippen MR) is 68.3 cm³/mol. The molecule has 0 saturated heterocycles. The number of hydrogen-bond donors (Lipinski definition) is 0. The average molecular weight is 202 g/mol. The molecule has 0 aliphatic rings. The van der Waals surface area contributed by atoms with Crippen LogP contribution >= 0.6 is 0 Å². The number of aryl methyl sites for hydroxylation is 1. The maximum absolute atomic E-state index is 3.83. The van der Waals surface area contributed by atoms with Crippen molar-refractivity contribution in [1.29, 1.82) is 0 Å². The Morgan fingerprint density at radius 3 is 2.33 bits per heavy atom. The van der Waals surface area contributed by atoms with Crippen molar-refractivity contribution in [2.24, 2.45) is 0 Å². The first-order chi connectivity index (χ1) is 7.33. The van der Waals surface area contributed by atoms with Gasteiger partial charge in [-0.2, -0.15) is 0 Å². The summed E-state index contributed by atoms with van der Waals surface area (Å²) in [6.45, 7) is 8.33. The molecule has 0 aliphatic carbocycles. The van der Waals surface area contributed by atoms with Crippen molar-refractivity contribution in [1.82, 2.24) is 0 Å². The minimum Gasteiger partial charge on any atom is -0.103 e. The van der Waals surface area contributed by atoms with Gasteiger partial charge in [0.1, 0.15) is 0 Å². The number of rotatable bonds is 6. The minimum atomic E-state index is 1.01. The molecule has 0 spiro atoms. The van der Waals surface area contributed by atoms with Crippen LogP contribution in [0, 0.1) is 0 Å². The number of benzene rings is 1. The Balaban J connectivity index is 3.02. The fraction of sp³-hybridized carbons (Fsp3) is 0.467. The first-order valence-corrected chi connectivity index (χ1v) is 6.04. The van der Waals surface area contributed by atoms with E-state index in [1.807, 2.05) is 6.08 Å². The first kappa shape index (κ1) is 12.0. The van der Waals surface area contributed by atoms with Crippen molar-refractivity contribution < 1.29 is 0 Å². The molecule has 0 N–H and O–H groups in total. The molecule has 0 fully saturated rings. The monoisotopic (exact) mass is 202 g/mol. The van der Waals surface area contributed by atoms with Gasteiger partial charge in [0.05, 0.1) is 0 Å². The smallest absolute Gasteiger partial charge is 0.00973 e. The Bertz CT molecular complexity index is 310. The van der Waals surface area contributed by atoms with Gasteiger partial charge in [-0.1, -0.05) is 51.0 Å². The van der Waals surface area contributed by atoms with Crippen molar-refractivity contribution in [3.8, 4) is 0 Å². The molecular formula is C15H22. The highest BCUT2D eigenvalue weighted by atomic mass is 14.1. The number of hydrogen-bond acceptors (Lipinski definition) is 0. The van der Waals surface area contributed by atoms with E-state index in [1.165, 1.54) is 31.2 Å². The summed E-state index contributed by atoms with van der Waals surface area (Å²) in [7, 11) is 0. The van der Waals surface area contributed by atoms with Crippen molar-refractivity contribution in [3.05, 3.63) is 47.5 Å². The van der Waals surface area contributed by atoms with E-state index in [-0.39, 0.29) is 0 Å². The molecule has 0 bridgehead atoms. The van der Waals surface area contributed by atoms with Crippen LogP contribution in [0.2, 0.25) is 0 Å². The van der Waals surface area contributed by atoms with Crippen LogP contribution in [0.3, 0.4) is 0 Å². The predicted octanol–water partition coefficient (Wildman–Crippen LogP) is 4.32. The molecule has 1 aromatic rings. The zero-order valence-electron chi connectivity index (χ0n) is 10.1. The van der Waals surface area contributed by atoms with E-state index in [4.69, 9.17) is 0 Å². The highest BCUT2D eigenvalue weighted by Crippen LogP contribution is 2.19. The molecular weight excluding hydrogens is 180 g/mol. The van der Waals surface area contributed by atoms with Crippen molar-refractivity contribution >= 4 is 0 Å². The zero-order chi connectivity index (χ0) is 11.1. The third-order valence-corrected chi connectivity index (χ3v) is 2.75. The second kappa shape index (κ2) is 6.44. The molecule has 0 aromatic heterocycles. The normalized spacial score (nSPS) is 10.3. The van der Waals surface area contributed by atoms with Gasteiger partial charge in [-0.3, -0.25) is 0 Å². The summed E-state index contributed by atoms with van der Waals surface area (Å²) < 4.78 is 0. The quantitative estimate of drug-likeness (QED) is 0.603. The lowest BCUT2D eigenvalue weighted by atomic mass is 9.93. The molecule has 0 heterocycles. The van der Waals surface area contributed by atoms with E-state index < -0.39 is 0 Å². The van der Waals surface area contributed by atoms with Crippen LogP contribution in [0.25, 0.3) is 0 Å². The molecule has 0 saturated carbocycles. The van der Waals surface area contributed by atoms with Gasteiger partial charge in [-0.05, 0) is 36.0 Å². The SMILES string of the molecule is C=CCc1cccc(CCC)c1CCC.